The standard InChI is InChI=1S/C23H22FN3OS/c24-16-10-8-15(9-11-16)19-12-13-20(28-19)22-21(18-7-3-4-14-25-18)26-23(29)27(22)17-5-1-2-6-17/h3-4,7-14,17,21-22H,1-2,5-6H2,(H,26,29)/t21-,22+/m0/s1. The lowest BCUT2D eigenvalue weighted by Crippen LogP contribution is -2.37. The van der Waals surface area contributed by atoms with E-state index in [-0.39, 0.29) is 17.9 Å². The number of aromatic nitrogens is 1. The summed E-state index contributed by atoms with van der Waals surface area (Å²) in [6.45, 7) is 0. The molecular weight excluding hydrogens is 385 g/mol. The number of thiocarbonyl (C=S) groups is 1. The Morgan fingerprint density at radius 2 is 1.83 bits per heavy atom. The lowest BCUT2D eigenvalue weighted by atomic mass is 10.0. The Kier molecular flexibility index (Phi) is 4.79. The van der Waals surface area contributed by atoms with Crippen molar-refractivity contribution < 1.29 is 8.81 Å². The van der Waals surface area contributed by atoms with Crippen LogP contribution in [-0.2, 0) is 0 Å². The molecule has 2 fully saturated rings. The fourth-order valence-electron chi connectivity index (χ4n) is 4.53. The minimum atomic E-state index is -0.256. The Balaban J connectivity index is 1.54. The zero-order valence-corrected chi connectivity index (χ0v) is 16.7. The van der Waals surface area contributed by atoms with E-state index in [9.17, 15) is 4.39 Å². The molecule has 2 atom stereocenters. The summed E-state index contributed by atoms with van der Waals surface area (Å²) in [5.41, 5.74) is 1.80. The normalized spacial score (nSPS) is 22.2. The molecule has 0 amide bonds. The molecule has 1 aliphatic carbocycles. The number of furan rings is 1. The van der Waals surface area contributed by atoms with E-state index >= 15 is 0 Å². The van der Waals surface area contributed by atoms with E-state index in [2.05, 4.69) is 15.2 Å². The number of hydrogen-bond acceptors (Lipinski definition) is 3. The summed E-state index contributed by atoms with van der Waals surface area (Å²) in [4.78, 5) is 6.89. The van der Waals surface area contributed by atoms with Gasteiger partial charge in [-0.2, -0.15) is 0 Å². The molecule has 4 nitrogen and oxygen atoms in total. The second-order valence-corrected chi connectivity index (χ2v) is 8.07. The summed E-state index contributed by atoms with van der Waals surface area (Å²) in [5, 5.41) is 4.25. The van der Waals surface area contributed by atoms with Gasteiger partial charge in [-0.25, -0.2) is 4.39 Å². The van der Waals surface area contributed by atoms with Crippen molar-refractivity contribution in [2.24, 2.45) is 0 Å². The molecule has 1 aliphatic heterocycles. The summed E-state index contributed by atoms with van der Waals surface area (Å²) in [6.07, 6.45) is 6.53. The van der Waals surface area contributed by atoms with Crippen molar-refractivity contribution in [3.63, 3.8) is 0 Å². The minimum Gasteiger partial charge on any atom is -0.459 e. The van der Waals surface area contributed by atoms with E-state index in [1.54, 1.807) is 18.3 Å². The molecular formula is C23H22FN3OS. The van der Waals surface area contributed by atoms with Gasteiger partial charge in [0.1, 0.15) is 23.4 Å². The number of nitrogens with one attached hydrogen (secondary N) is 1. The van der Waals surface area contributed by atoms with Gasteiger partial charge in [0, 0.05) is 17.8 Å². The summed E-state index contributed by atoms with van der Waals surface area (Å²) in [7, 11) is 0. The minimum absolute atomic E-state index is 0.0605. The molecule has 6 heteroatoms. The van der Waals surface area contributed by atoms with Gasteiger partial charge in [0.25, 0.3) is 0 Å². The van der Waals surface area contributed by atoms with E-state index < -0.39 is 0 Å². The fourth-order valence-corrected chi connectivity index (χ4v) is 4.92. The molecule has 29 heavy (non-hydrogen) atoms. The number of benzene rings is 1. The van der Waals surface area contributed by atoms with Crippen LogP contribution in [0.15, 0.2) is 65.2 Å². The van der Waals surface area contributed by atoms with Crippen LogP contribution in [-0.4, -0.2) is 21.0 Å². The smallest absolute Gasteiger partial charge is 0.170 e. The third kappa shape index (κ3) is 3.42. The summed E-state index contributed by atoms with van der Waals surface area (Å²) in [6, 6.07) is 16.5. The van der Waals surface area contributed by atoms with Gasteiger partial charge >= 0.3 is 0 Å². The van der Waals surface area contributed by atoms with Crippen LogP contribution in [0.3, 0.4) is 0 Å². The van der Waals surface area contributed by atoms with E-state index in [0.29, 0.717) is 6.04 Å². The Labute approximate surface area is 174 Å². The predicted octanol–water partition coefficient (Wildman–Crippen LogP) is 5.40. The first-order valence-corrected chi connectivity index (χ1v) is 10.5. The first kappa shape index (κ1) is 18.3. The van der Waals surface area contributed by atoms with Crippen molar-refractivity contribution >= 4 is 17.3 Å². The average Bonchev–Trinajstić information content (AvgIpc) is 3.48. The van der Waals surface area contributed by atoms with Crippen LogP contribution in [0.4, 0.5) is 4.39 Å². The van der Waals surface area contributed by atoms with E-state index in [1.807, 2.05) is 30.3 Å². The highest BCUT2D eigenvalue weighted by atomic mass is 32.1. The number of rotatable bonds is 4. The molecule has 2 aliphatic rings. The van der Waals surface area contributed by atoms with Crippen LogP contribution in [0.5, 0.6) is 0 Å². The second kappa shape index (κ2) is 7.59. The molecule has 2 aromatic heterocycles. The Hall–Kier alpha value is -2.73. The zero-order chi connectivity index (χ0) is 19.8. The lowest BCUT2D eigenvalue weighted by molar-refractivity contribution is 0.218. The number of pyridine rings is 1. The zero-order valence-electron chi connectivity index (χ0n) is 15.9. The Bertz CT molecular complexity index is 998. The maximum atomic E-state index is 13.3. The molecule has 1 N–H and O–H groups in total. The van der Waals surface area contributed by atoms with Gasteiger partial charge in [-0.05, 0) is 73.6 Å². The molecule has 3 aromatic rings. The monoisotopic (exact) mass is 407 g/mol. The Morgan fingerprint density at radius 3 is 2.55 bits per heavy atom. The lowest BCUT2D eigenvalue weighted by Gasteiger charge is -2.31. The maximum Gasteiger partial charge on any atom is 0.170 e. The van der Waals surface area contributed by atoms with Crippen molar-refractivity contribution in [3.05, 3.63) is 78.1 Å². The predicted molar refractivity (Wildman–Crippen MR) is 114 cm³/mol. The van der Waals surface area contributed by atoms with Crippen molar-refractivity contribution in [2.45, 2.75) is 43.8 Å². The molecule has 1 aromatic carbocycles. The van der Waals surface area contributed by atoms with Gasteiger partial charge in [0.2, 0.25) is 0 Å². The quantitative estimate of drug-likeness (QED) is 0.587. The first-order chi connectivity index (χ1) is 14.2. The van der Waals surface area contributed by atoms with Crippen LogP contribution >= 0.6 is 12.2 Å². The number of hydrogen-bond donors (Lipinski definition) is 1. The molecule has 148 valence electrons. The van der Waals surface area contributed by atoms with E-state index in [0.717, 1.165) is 40.7 Å². The van der Waals surface area contributed by atoms with Crippen LogP contribution in [0.2, 0.25) is 0 Å². The van der Waals surface area contributed by atoms with Crippen LogP contribution in [0.25, 0.3) is 11.3 Å². The Morgan fingerprint density at radius 1 is 1.03 bits per heavy atom. The van der Waals surface area contributed by atoms with Crippen molar-refractivity contribution in [1.29, 1.82) is 0 Å². The van der Waals surface area contributed by atoms with E-state index in [1.165, 1.54) is 25.0 Å². The molecule has 0 radical (unpaired) electrons. The largest absolute Gasteiger partial charge is 0.459 e. The van der Waals surface area contributed by atoms with Gasteiger partial charge in [-0.15, -0.1) is 0 Å². The van der Waals surface area contributed by atoms with Gasteiger partial charge in [-0.3, -0.25) is 4.98 Å². The van der Waals surface area contributed by atoms with Crippen LogP contribution in [0, 0.1) is 5.82 Å². The second-order valence-electron chi connectivity index (χ2n) is 7.68. The van der Waals surface area contributed by atoms with Gasteiger partial charge in [-0.1, -0.05) is 18.9 Å². The average molecular weight is 408 g/mol. The summed E-state index contributed by atoms with van der Waals surface area (Å²) < 4.78 is 19.6. The third-order valence-electron chi connectivity index (χ3n) is 5.90. The van der Waals surface area contributed by atoms with Gasteiger partial charge < -0.3 is 14.6 Å². The molecule has 1 saturated heterocycles. The summed E-state index contributed by atoms with van der Waals surface area (Å²) >= 11 is 5.75. The molecule has 1 saturated carbocycles. The highest BCUT2D eigenvalue weighted by molar-refractivity contribution is 7.80. The maximum absolute atomic E-state index is 13.3. The van der Waals surface area contributed by atoms with E-state index in [4.69, 9.17) is 16.6 Å². The molecule has 0 spiro atoms. The topological polar surface area (TPSA) is 41.3 Å². The van der Waals surface area contributed by atoms with Crippen molar-refractivity contribution in [3.8, 4) is 11.3 Å². The number of halogens is 1. The number of nitrogens with zero attached hydrogens (tertiary/aromatic N) is 2. The highest BCUT2D eigenvalue weighted by Crippen LogP contribution is 2.44. The summed E-state index contributed by atoms with van der Waals surface area (Å²) in [5.74, 6) is 1.32. The third-order valence-corrected chi connectivity index (χ3v) is 6.23. The first-order valence-electron chi connectivity index (χ1n) is 10.1. The molecule has 3 heterocycles. The molecule has 5 rings (SSSR count). The van der Waals surface area contributed by atoms with Crippen molar-refractivity contribution in [2.75, 3.05) is 0 Å². The van der Waals surface area contributed by atoms with Gasteiger partial charge in [0.15, 0.2) is 5.11 Å². The fraction of sp³-hybridized carbons (Fsp3) is 0.304. The van der Waals surface area contributed by atoms with Crippen molar-refractivity contribution in [1.82, 2.24) is 15.2 Å². The van der Waals surface area contributed by atoms with Crippen LogP contribution < -0.4 is 5.32 Å². The molecule has 0 bridgehead atoms. The molecule has 0 unspecified atom stereocenters. The SMILES string of the molecule is Fc1ccc(-c2ccc([C@@H]3[C@H](c4ccccn4)NC(=S)N3C3CCCC3)o2)cc1. The van der Waals surface area contributed by atoms with Crippen LogP contribution in [0.1, 0.15) is 49.2 Å². The highest BCUT2D eigenvalue weighted by Gasteiger charge is 2.45. The van der Waals surface area contributed by atoms with Gasteiger partial charge in [0.05, 0.1) is 11.7 Å².